The highest BCUT2D eigenvalue weighted by Gasteiger charge is 2.18. The van der Waals surface area contributed by atoms with Crippen molar-refractivity contribution in [2.24, 2.45) is 0 Å². The van der Waals surface area contributed by atoms with Crippen LogP contribution in [-0.4, -0.2) is 23.9 Å². The van der Waals surface area contributed by atoms with Crippen LogP contribution >= 0.6 is 11.8 Å². The van der Waals surface area contributed by atoms with Crippen LogP contribution in [0.25, 0.3) is 6.08 Å². The number of methoxy groups -OCH3 is 1. The molecule has 0 heterocycles. The largest absolute Gasteiger partial charge is 0.465 e. The van der Waals surface area contributed by atoms with Gasteiger partial charge in [0.05, 0.1) is 7.11 Å². The zero-order chi connectivity index (χ0) is 14.4. The van der Waals surface area contributed by atoms with E-state index in [2.05, 4.69) is 4.74 Å². The minimum Gasteiger partial charge on any atom is -0.465 e. The molecular formula is C13H12F2O3S. The van der Waals surface area contributed by atoms with Gasteiger partial charge in [-0.1, -0.05) is 23.9 Å². The minimum absolute atomic E-state index is 0.0388. The summed E-state index contributed by atoms with van der Waals surface area (Å²) in [6, 6.07) is 2.06. The summed E-state index contributed by atoms with van der Waals surface area (Å²) in [7, 11) is 1.05. The van der Waals surface area contributed by atoms with E-state index in [9.17, 15) is 18.4 Å². The molecule has 1 rings (SSSR count). The molecular weight excluding hydrogens is 274 g/mol. The zero-order valence-corrected chi connectivity index (χ0v) is 11.2. The van der Waals surface area contributed by atoms with E-state index in [1.165, 1.54) is 13.0 Å². The Hall–Kier alpha value is -1.69. The Kier molecular flexibility index (Phi) is 5.69. The van der Waals surface area contributed by atoms with Crippen molar-refractivity contribution in [3.8, 4) is 0 Å². The SMILES string of the molecule is COC(=O)c1c(F)cc(C=CCSC(C)=O)cc1F. The van der Waals surface area contributed by atoms with E-state index in [0.29, 0.717) is 5.75 Å². The number of carbonyl (C=O) groups excluding carboxylic acids is 2. The fourth-order valence-corrected chi connectivity index (χ4v) is 1.76. The van der Waals surface area contributed by atoms with Crippen molar-refractivity contribution in [2.75, 3.05) is 12.9 Å². The Morgan fingerprint density at radius 2 is 1.89 bits per heavy atom. The molecule has 0 aromatic heterocycles. The summed E-state index contributed by atoms with van der Waals surface area (Å²) in [6.07, 6.45) is 3.08. The van der Waals surface area contributed by atoms with Crippen molar-refractivity contribution in [1.82, 2.24) is 0 Å². The molecule has 1 aromatic rings. The lowest BCUT2D eigenvalue weighted by Crippen LogP contribution is -2.08. The van der Waals surface area contributed by atoms with E-state index in [0.717, 1.165) is 31.0 Å². The van der Waals surface area contributed by atoms with Gasteiger partial charge in [-0.3, -0.25) is 4.79 Å². The maximum atomic E-state index is 13.6. The molecule has 0 spiro atoms. The van der Waals surface area contributed by atoms with E-state index >= 15 is 0 Å². The van der Waals surface area contributed by atoms with Gasteiger partial charge in [0.15, 0.2) is 5.12 Å². The lowest BCUT2D eigenvalue weighted by atomic mass is 10.1. The molecule has 0 aliphatic carbocycles. The van der Waals surface area contributed by atoms with Crippen LogP contribution in [0, 0.1) is 11.6 Å². The highest BCUT2D eigenvalue weighted by molar-refractivity contribution is 8.13. The summed E-state index contributed by atoms with van der Waals surface area (Å²) in [5, 5.41) is -0.0388. The molecule has 0 fully saturated rings. The van der Waals surface area contributed by atoms with Crippen molar-refractivity contribution in [2.45, 2.75) is 6.92 Å². The molecule has 102 valence electrons. The predicted octanol–water partition coefficient (Wildman–Crippen LogP) is 3.04. The predicted molar refractivity (Wildman–Crippen MR) is 69.9 cm³/mol. The van der Waals surface area contributed by atoms with Gasteiger partial charge in [-0.25, -0.2) is 13.6 Å². The number of halogens is 2. The van der Waals surface area contributed by atoms with Gasteiger partial charge < -0.3 is 4.74 Å². The normalized spacial score (nSPS) is 10.7. The number of hydrogen-bond acceptors (Lipinski definition) is 4. The smallest absolute Gasteiger partial charge is 0.343 e. The van der Waals surface area contributed by atoms with Gasteiger partial charge >= 0.3 is 5.97 Å². The summed E-state index contributed by atoms with van der Waals surface area (Å²) in [5.74, 6) is -2.61. The third-order valence-electron chi connectivity index (χ3n) is 2.15. The van der Waals surface area contributed by atoms with Crippen LogP contribution in [0.5, 0.6) is 0 Å². The molecule has 0 aliphatic rings. The maximum absolute atomic E-state index is 13.6. The number of benzene rings is 1. The van der Waals surface area contributed by atoms with Crippen LogP contribution in [0.4, 0.5) is 8.78 Å². The quantitative estimate of drug-likeness (QED) is 0.798. The van der Waals surface area contributed by atoms with Crippen LogP contribution in [0.3, 0.4) is 0 Å². The number of rotatable bonds is 4. The summed E-state index contributed by atoms with van der Waals surface area (Å²) in [5.41, 5.74) is -0.440. The molecule has 3 nitrogen and oxygen atoms in total. The van der Waals surface area contributed by atoms with Gasteiger partial charge in [0, 0.05) is 12.7 Å². The number of ether oxygens (including phenoxy) is 1. The first-order chi connectivity index (χ1) is 8.95. The van der Waals surface area contributed by atoms with E-state index < -0.39 is 23.2 Å². The van der Waals surface area contributed by atoms with Crippen LogP contribution in [-0.2, 0) is 9.53 Å². The zero-order valence-electron chi connectivity index (χ0n) is 10.4. The summed E-state index contributed by atoms with van der Waals surface area (Å²) in [6.45, 7) is 1.43. The molecule has 0 saturated carbocycles. The lowest BCUT2D eigenvalue weighted by molar-refractivity contribution is -0.109. The molecule has 0 atom stereocenters. The Balaban J connectivity index is 2.89. The molecule has 0 radical (unpaired) electrons. The van der Waals surface area contributed by atoms with Gasteiger partial charge in [-0.2, -0.15) is 0 Å². The van der Waals surface area contributed by atoms with Gasteiger partial charge in [0.25, 0.3) is 0 Å². The first kappa shape index (κ1) is 15.4. The molecule has 0 aliphatic heterocycles. The molecule has 0 saturated heterocycles. The summed E-state index contributed by atoms with van der Waals surface area (Å²) >= 11 is 1.08. The third-order valence-corrected chi connectivity index (χ3v) is 2.91. The molecule has 0 amide bonds. The van der Waals surface area contributed by atoms with Gasteiger partial charge in [-0.15, -0.1) is 0 Å². The Morgan fingerprint density at radius 3 is 2.37 bits per heavy atom. The minimum atomic E-state index is -1.06. The van der Waals surface area contributed by atoms with E-state index in [1.807, 2.05) is 0 Å². The highest BCUT2D eigenvalue weighted by atomic mass is 32.2. The molecule has 0 bridgehead atoms. The first-order valence-electron chi connectivity index (χ1n) is 5.33. The molecule has 6 heteroatoms. The summed E-state index contributed by atoms with van der Waals surface area (Å²) in [4.78, 5) is 21.8. The molecule has 0 N–H and O–H groups in total. The first-order valence-corrected chi connectivity index (χ1v) is 6.31. The number of esters is 1. The second kappa shape index (κ2) is 7.04. The number of hydrogen-bond donors (Lipinski definition) is 0. The second-order valence-electron chi connectivity index (χ2n) is 3.56. The van der Waals surface area contributed by atoms with Crippen LogP contribution in [0.1, 0.15) is 22.8 Å². The topological polar surface area (TPSA) is 43.4 Å². The van der Waals surface area contributed by atoms with Crippen LogP contribution in [0.15, 0.2) is 18.2 Å². The van der Waals surface area contributed by atoms with E-state index in [-0.39, 0.29) is 10.7 Å². The molecule has 19 heavy (non-hydrogen) atoms. The van der Waals surface area contributed by atoms with Crippen molar-refractivity contribution in [3.63, 3.8) is 0 Å². The number of thioether (sulfide) groups is 1. The van der Waals surface area contributed by atoms with Gasteiger partial charge in [0.1, 0.15) is 17.2 Å². The second-order valence-corrected chi connectivity index (χ2v) is 4.75. The Labute approximate surface area is 113 Å². The van der Waals surface area contributed by atoms with Crippen molar-refractivity contribution >= 4 is 28.9 Å². The van der Waals surface area contributed by atoms with E-state index in [1.54, 1.807) is 6.08 Å². The maximum Gasteiger partial charge on any atom is 0.343 e. The Bertz CT molecular complexity index is 504. The fourth-order valence-electron chi connectivity index (χ4n) is 1.34. The van der Waals surface area contributed by atoms with Crippen LogP contribution in [0.2, 0.25) is 0 Å². The van der Waals surface area contributed by atoms with Gasteiger partial charge in [-0.05, 0) is 17.7 Å². The molecule has 0 unspecified atom stereocenters. The van der Waals surface area contributed by atoms with Crippen LogP contribution < -0.4 is 0 Å². The van der Waals surface area contributed by atoms with Crippen molar-refractivity contribution < 1.29 is 23.1 Å². The fraction of sp³-hybridized carbons (Fsp3) is 0.231. The lowest BCUT2D eigenvalue weighted by Gasteiger charge is -2.04. The summed E-state index contributed by atoms with van der Waals surface area (Å²) < 4.78 is 31.4. The molecule has 1 aromatic carbocycles. The number of carbonyl (C=O) groups is 2. The third kappa shape index (κ3) is 4.48. The average molecular weight is 286 g/mol. The van der Waals surface area contributed by atoms with E-state index in [4.69, 9.17) is 0 Å². The van der Waals surface area contributed by atoms with Gasteiger partial charge in [0.2, 0.25) is 0 Å². The highest BCUT2D eigenvalue weighted by Crippen LogP contribution is 2.17. The van der Waals surface area contributed by atoms with Crippen molar-refractivity contribution in [1.29, 1.82) is 0 Å². The Morgan fingerprint density at radius 1 is 1.32 bits per heavy atom. The monoisotopic (exact) mass is 286 g/mol. The van der Waals surface area contributed by atoms with Crippen molar-refractivity contribution in [3.05, 3.63) is 41.0 Å². The average Bonchev–Trinajstić information content (AvgIpc) is 2.33. The standard InChI is InChI=1S/C13H12F2O3S/c1-8(16)19-5-3-4-9-6-10(14)12(11(15)7-9)13(17)18-2/h3-4,6-7H,5H2,1-2H3.